The second kappa shape index (κ2) is 2.46. The molecule has 1 N–H and O–H groups in total. The van der Waals surface area contributed by atoms with E-state index in [0.29, 0.717) is 0 Å². The van der Waals surface area contributed by atoms with Crippen LogP contribution in [0.15, 0.2) is 0 Å². The summed E-state index contributed by atoms with van der Waals surface area (Å²) in [6, 6.07) is 0.125. The van der Waals surface area contributed by atoms with Gasteiger partial charge in [-0.15, -0.1) is 0 Å². The number of piperidine rings is 1. The topological polar surface area (TPSA) is 12.0 Å². The van der Waals surface area contributed by atoms with Crippen LogP contribution in [-0.2, 0) is 0 Å². The van der Waals surface area contributed by atoms with E-state index in [9.17, 15) is 8.78 Å². The first kappa shape index (κ1) is 7.92. The third-order valence-corrected chi connectivity index (χ3v) is 1.95. The number of hydrogen-bond donors (Lipinski definition) is 1. The smallest absolute Gasteiger partial charge is 0.260 e. The van der Waals surface area contributed by atoms with Crippen molar-refractivity contribution in [3.63, 3.8) is 0 Å². The van der Waals surface area contributed by atoms with Crippen LogP contribution < -0.4 is 5.32 Å². The molecule has 1 nitrogen and oxygen atoms in total. The molecule has 1 saturated heterocycles. The van der Waals surface area contributed by atoms with Gasteiger partial charge >= 0.3 is 0 Å². The Morgan fingerprint density at radius 2 is 2.20 bits per heavy atom. The second-order valence-corrected chi connectivity index (χ2v) is 2.99. The third kappa shape index (κ3) is 1.66. The Labute approximate surface area is 59.8 Å². The Hall–Kier alpha value is -0.180. The molecule has 1 aliphatic heterocycles. The van der Waals surface area contributed by atoms with Gasteiger partial charge in [0.1, 0.15) is 0 Å². The lowest BCUT2D eigenvalue weighted by Gasteiger charge is -2.32. The average Bonchev–Trinajstić information content (AvgIpc) is 1.79. The molecule has 2 unspecified atom stereocenters. The van der Waals surface area contributed by atoms with E-state index in [2.05, 4.69) is 12.2 Å². The lowest BCUT2D eigenvalue weighted by molar-refractivity contribution is -0.0423. The van der Waals surface area contributed by atoms with Crippen LogP contribution in [0.5, 0.6) is 0 Å². The van der Waals surface area contributed by atoms with E-state index < -0.39 is 5.92 Å². The van der Waals surface area contributed by atoms with Crippen molar-refractivity contribution < 1.29 is 8.78 Å². The van der Waals surface area contributed by atoms with Crippen molar-refractivity contribution in [3.05, 3.63) is 6.92 Å². The predicted molar refractivity (Wildman–Crippen MR) is 35.9 cm³/mol. The highest BCUT2D eigenvalue weighted by molar-refractivity contribution is 4.87. The van der Waals surface area contributed by atoms with Crippen molar-refractivity contribution in [2.45, 2.75) is 25.3 Å². The maximum atomic E-state index is 12.5. The minimum atomic E-state index is -2.54. The van der Waals surface area contributed by atoms with Crippen molar-refractivity contribution in [1.29, 1.82) is 0 Å². The van der Waals surface area contributed by atoms with E-state index in [1.54, 1.807) is 0 Å². The standard InChI is InChI=1S/C7H12F2N/c1-5-3-7(8,9)4-10-6(5)2/h5-6,10H,1,3-4H2,2H3. The molecular weight excluding hydrogens is 136 g/mol. The van der Waals surface area contributed by atoms with Gasteiger partial charge in [-0.25, -0.2) is 8.78 Å². The summed E-state index contributed by atoms with van der Waals surface area (Å²) in [4.78, 5) is 0. The monoisotopic (exact) mass is 148 g/mol. The van der Waals surface area contributed by atoms with Gasteiger partial charge in [0.05, 0.1) is 6.54 Å². The molecular formula is C7H12F2N. The van der Waals surface area contributed by atoms with E-state index in [-0.39, 0.29) is 24.9 Å². The largest absolute Gasteiger partial charge is 0.308 e. The molecule has 0 aromatic heterocycles. The number of hydrogen-bond acceptors (Lipinski definition) is 1. The molecule has 1 aliphatic rings. The van der Waals surface area contributed by atoms with Gasteiger partial charge in [-0.05, 0) is 19.8 Å². The fraction of sp³-hybridized carbons (Fsp3) is 0.857. The van der Waals surface area contributed by atoms with Gasteiger partial charge in [-0.1, -0.05) is 0 Å². The Balaban J connectivity index is 2.49. The van der Waals surface area contributed by atoms with E-state index in [0.717, 1.165) is 0 Å². The SMILES string of the molecule is [CH2]C1CC(F)(F)CNC1C. The highest BCUT2D eigenvalue weighted by Crippen LogP contribution is 2.28. The van der Waals surface area contributed by atoms with Crippen LogP contribution in [0.3, 0.4) is 0 Å². The molecule has 2 atom stereocenters. The zero-order valence-electron chi connectivity index (χ0n) is 6.03. The van der Waals surface area contributed by atoms with Gasteiger partial charge < -0.3 is 5.32 Å². The third-order valence-electron chi connectivity index (χ3n) is 1.95. The molecule has 1 radical (unpaired) electrons. The van der Waals surface area contributed by atoms with Crippen LogP contribution in [-0.4, -0.2) is 18.5 Å². The summed E-state index contributed by atoms with van der Waals surface area (Å²) >= 11 is 0. The molecule has 0 aromatic rings. The van der Waals surface area contributed by atoms with E-state index >= 15 is 0 Å². The number of alkyl halides is 2. The van der Waals surface area contributed by atoms with E-state index in [1.165, 1.54) is 0 Å². The minimum Gasteiger partial charge on any atom is -0.308 e. The van der Waals surface area contributed by atoms with Crippen LogP contribution in [0.4, 0.5) is 8.78 Å². The molecule has 0 bridgehead atoms. The van der Waals surface area contributed by atoms with Crippen LogP contribution in [0.25, 0.3) is 0 Å². The Bertz CT molecular complexity index is 125. The molecule has 0 aliphatic carbocycles. The van der Waals surface area contributed by atoms with Gasteiger partial charge in [0.25, 0.3) is 5.92 Å². The predicted octanol–water partition coefficient (Wildman–Crippen LogP) is 1.45. The number of halogens is 2. The normalized spacial score (nSPS) is 39.6. The molecule has 0 saturated carbocycles. The first-order valence-corrected chi connectivity index (χ1v) is 3.45. The lowest BCUT2D eigenvalue weighted by Crippen LogP contribution is -2.48. The van der Waals surface area contributed by atoms with E-state index in [4.69, 9.17) is 0 Å². The molecule has 1 fully saturated rings. The maximum Gasteiger partial charge on any atom is 0.260 e. The number of nitrogens with one attached hydrogen (secondary N) is 1. The molecule has 0 aromatic carbocycles. The van der Waals surface area contributed by atoms with Crippen molar-refractivity contribution >= 4 is 0 Å². The Morgan fingerprint density at radius 3 is 2.60 bits per heavy atom. The lowest BCUT2D eigenvalue weighted by atomic mass is 9.92. The summed E-state index contributed by atoms with van der Waals surface area (Å²) in [5.74, 6) is -2.71. The molecule has 59 valence electrons. The zero-order valence-corrected chi connectivity index (χ0v) is 6.03. The fourth-order valence-corrected chi connectivity index (χ4v) is 1.11. The first-order valence-electron chi connectivity index (χ1n) is 3.45. The maximum absolute atomic E-state index is 12.5. The highest BCUT2D eigenvalue weighted by atomic mass is 19.3. The van der Waals surface area contributed by atoms with Crippen molar-refractivity contribution in [2.75, 3.05) is 6.54 Å². The van der Waals surface area contributed by atoms with Crippen LogP contribution >= 0.6 is 0 Å². The Morgan fingerprint density at radius 1 is 1.60 bits per heavy atom. The highest BCUT2D eigenvalue weighted by Gasteiger charge is 2.37. The van der Waals surface area contributed by atoms with Crippen molar-refractivity contribution in [1.82, 2.24) is 5.32 Å². The summed E-state index contributed by atoms with van der Waals surface area (Å²) in [5, 5.41) is 2.71. The van der Waals surface area contributed by atoms with Gasteiger partial charge in [0.2, 0.25) is 0 Å². The molecule has 0 spiro atoms. The first-order chi connectivity index (χ1) is 4.51. The minimum absolute atomic E-state index is 0.0822. The summed E-state index contributed by atoms with van der Waals surface area (Å²) in [6.45, 7) is 5.32. The summed E-state index contributed by atoms with van der Waals surface area (Å²) in [6.07, 6.45) is -0.0822. The van der Waals surface area contributed by atoms with Gasteiger partial charge in [-0.2, -0.15) is 0 Å². The second-order valence-electron chi connectivity index (χ2n) is 2.99. The van der Waals surface area contributed by atoms with Crippen LogP contribution in [0, 0.1) is 12.8 Å². The molecule has 0 amide bonds. The molecule has 3 heteroatoms. The van der Waals surface area contributed by atoms with Crippen LogP contribution in [0.1, 0.15) is 13.3 Å². The van der Waals surface area contributed by atoms with Crippen molar-refractivity contribution in [3.8, 4) is 0 Å². The average molecular weight is 148 g/mol. The molecule has 1 rings (SSSR count). The van der Waals surface area contributed by atoms with Gasteiger partial charge in [0.15, 0.2) is 0 Å². The van der Waals surface area contributed by atoms with Gasteiger partial charge in [-0.3, -0.25) is 0 Å². The zero-order chi connectivity index (χ0) is 7.78. The molecule has 10 heavy (non-hydrogen) atoms. The Kier molecular flexibility index (Phi) is 1.95. The van der Waals surface area contributed by atoms with Gasteiger partial charge in [0, 0.05) is 12.5 Å². The quantitative estimate of drug-likeness (QED) is 0.548. The summed E-state index contributed by atoms with van der Waals surface area (Å²) in [7, 11) is 0. The molecule has 1 heterocycles. The van der Waals surface area contributed by atoms with Crippen LogP contribution in [0.2, 0.25) is 0 Å². The number of rotatable bonds is 0. The van der Waals surface area contributed by atoms with E-state index in [1.807, 2.05) is 6.92 Å². The summed E-state index contributed by atoms with van der Waals surface area (Å²) in [5.41, 5.74) is 0. The fourth-order valence-electron chi connectivity index (χ4n) is 1.11. The summed E-state index contributed by atoms with van der Waals surface area (Å²) < 4.78 is 25.1. The van der Waals surface area contributed by atoms with Crippen molar-refractivity contribution in [2.24, 2.45) is 5.92 Å².